The van der Waals surface area contributed by atoms with Crippen LogP contribution >= 0.6 is 11.3 Å². The normalized spacial score (nSPS) is 14.3. The van der Waals surface area contributed by atoms with Gasteiger partial charge in [-0.3, -0.25) is 9.59 Å². The maximum absolute atomic E-state index is 12.5. The minimum absolute atomic E-state index is 0.191. The van der Waals surface area contributed by atoms with Crippen LogP contribution in [0.2, 0.25) is 0 Å². The summed E-state index contributed by atoms with van der Waals surface area (Å²) in [5, 5.41) is 16.1. The van der Waals surface area contributed by atoms with E-state index < -0.39 is 34.5 Å². The zero-order valence-corrected chi connectivity index (χ0v) is 12.7. The second-order valence-electron chi connectivity index (χ2n) is 5.08. The highest BCUT2D eigenvalue weighted by molar-refractivity contribution is 7.08. The van der Waals surface area contributed by atoms with Gasteiger partial charge in [-0.1, -0.05) is 0 Å². The van der Waals surface area contributed by atoms with Crippen LogP contribution in [0, 0.1) is 0 Å². The molecule has 0 radical (unpaired) electrons. The van der Waals surface area contributed by atoms with E-state index in [9.17, 15) is 27.9 Å². The summed E-state index contributed by atoms with van der Waals surface area (Å²) >= 11 is 1.37. The fourth-order valence-corrected chi connectivity index (χ4v) is 2.62. The van der Waals surface area contributed by atoms with Crippen molar-refractivity contribution >= 4 is 17.2 Å². The third-order valence-corrected chi connectivity index (χ3v) is 3.88. The Labute approximate surface area is 132 Å². The molecular formula is C14H13F3N2O3S. The number of alkyl halides is 3. The van der Waals surface area contributed by atoms with Crippen molar-refractivity contribution in [2.75, 3.05) is 6.54 Å². The average molecular weight is 346 g/mol. The van der Waals surface area contributed by atoms with E-state index in [0.717, 1.165) is 6.07 Å². The van der Waals surface area contributed by atoms with E-state index >= 15 is 0 Å². The first-order chi connectivity index (χ1) is 10.6. The number of aliphatic hydroxyl groups is 1. The second kappa shape index (κ2) is 6.17. The maximum Gasteiger partial charge on any atom is 0.431 e. The molecule has 5 nitrogen and oxygen atoms in total. The predicted octanol–water partition coefficient (Wildman–Crippen LogP) is 2.09. The minimum Gasteiger partial charge on any atom is -0.384 e. The van der Waals surface area contributed by atoms with E-state index in [1.165, 1.54) is 18.3 Å². The molecule has 3 N–H and O–H groups in total. The molecule has 1 atom stereocenters. The van der Waals surface area contributed by atoms with Crippen LogP contribution in [0.5, 0.6) is 0 Å². The van der Waals surface area contributed by atoms with Crippen molar-refractivity contribution in [1.82, 2.24) is 10.3 Å². The average Bonchev–Trinajstić information content (AvgIpc) is 2.98. The summed E-state index contributed by atoms with van der Waals surface area (Å²) in [5.41, 5.74) is -3.60. The zero-order valence-electron chi connectivity index (χ0n) is 11.9. The molecule has 2 aromatic heterocycles. The van der Waals surface area contributed by atoms with Crippen LogP contribution in [0.3, 0.4) is 0 Å². The Kier molecular flexibility index (Phi) is 4.62. The van der Waals surface area contributed by atoms with Gasteiger partial charge in [0.15, 0.2) is 0 Å². The summed E-state index contributed by atoms with van der Waals surface area (Å²) in [5.74, 6) is -0.865. The van der Waals surface area contributed by atoms with Crippen LogP contribution in [-0.4, -0.2) is 22.5 Å². The lowest BCUT2D eigenvalue weighted by molar-refractivity contribution is -0.141. The van der Waals surface area contributed by atoms with Gasteiger partial charge in [0.25, 0.3) is 11.5 Å². The number of aromatic amines is 1. The van der Waals surface area contributed by atoms with Gasteiger partial charge in [-0.25, -0.2) is 0 Å². The van der Waals surface area contributed by atoms with Crippen molar-refractivity contribution in [3.05, 3.63) is 56.1 Å². The van der Waals surface area contributed by atoms with Crippen LogP contribution in [0.15, 0.2) is 33.8 Å². The number of hydrogen-bond acceptors (Lipinski definition) is 4. The molecule has 2 rings (SSSR count). The van der Waals surface area contributed by atoms with E-state index in [1.807, 2.05) is 0 Å². The lowest BCUT2D eigenvalue weighted by atomic mass is 9.99. The molecule has 9 heteroatoms. The third kappa shape index (κ3) is 3.99. The topological polar surface area (TPSA) is 82.2 Å². The van der Waals surface area contributed by atoms with Crippen molar-refractivity contribution in [1.29, 1.82) is 0 Å². The molecule has 0 unspecified atom stereocenters. The van der Waals surface area contributed by atoms with Crippen LogP contribution in [-0.2, 0) is 11.8 Å². The summed E-state index contributed by atoms with van der Waals surface area (Å²) in [4.78, 5) is 25.1. The molecule has 0 bridgehead atoms. The Hall–Kier alpha value is -2.13. The van der Waals surface area contributed by atoms with Crippen LogP contribution in [0.1, 0.15) is 28.5 Å². The van der Waals surface area contributed by atoms with Gasteiger partial charge in [0.1, 0.15) is 16.9 Å². The minimum atomic E-state index is -4.70. The molecule has 0 spiro atoms. The van der Waals surface area contributed by atoms with Crippen molar-refractivity contribution in [2.45, 2.75) is 18.7 Å². The van der Waals surface area contributed by atoms with E-state index in [0.29, 0.717) is 11.6 Å². The monoisotopic (exact) mass is 346 g/mol. The van der Waals surface area contributed by atoms with Gasteiger partial charge < -0.3 is 15.4 Å². The van der Waals surface area contributed by atoms with E-state index in [-0.39, 0.29) is 6.54 Å². The Morgan fingerprint density at radius 3 is 2.57 bits per heavy atom. The van der Waals surface area contributed by atoms with Crippen molar-refractivity contribution in [3.8, 4) is 0 Å². The first-order valence-corrected chi connectivity index (χ1v) is 7.39. The van der Waals surface area contributed by atoms with Crippen molar-refractivity contribution < 1.29 is 23.1 Å². The highest BCUT2D eigenvalue weighted by Gasteiger charge is 2.32. The molecule has 0 aliphatic heterocycles. The molecule has 23 heavy (non-hydrogen) atoms. The highest BCUT2D eigenvalue weighted by atomic mass is 32.1. The predicted molar refractivity (Wildman–Crippen MR) is 78.3 cm³/mol. The van der Waals surface area contributed by atoms with Gasteiger partial charge in [0.2, 0.25) is 0 Å². The quantitative estimate of drug-likeness (QED) is 0.793. The molecule has 0 aliphatic rings. The fraction of sp³-hybridized carbons (Fsp3) is 0.286. The SMILES string of the molecule is C[C@@](O)(CNC(=O)c1ccc(C(F)(F)F)[nH]c1=O)c1ccsc1. The first kappa shape index (κ1) is 17.2. The Bertz CT molecular complexity index is 751. The molecule has 1 amide bonds. The summed E-state index contributed by atoms with van der Waals surface area (Å²) in [6, 6.07) is 3.10. The standard InChI is InChI=1S/C14H13F3N2O3S/c1-13(22,8-4-5-23-6-8)7-18-11(20)9-2-3-10(14(15,16)17)19-12(9)21/h2-6,22H,7H2,1H3,(H,18,20)(H,19,21)/t13-/m1/s1. The van der Waals surface area contributed by atoms with E-state index in [2.05, 4.69) is 5.32 Å². The number of carbonyl (C=O) groups is 1. The van der Waals surface area contributed by atoms with Crippen molar-refractivity contribution in [2.24, 2.45) is 0 Å². The van der Waals surface area contributed by atoms with E-state index in [4.69, 9.17) is 0 Å². The van der Waals surface area contributed by atoms with E-state index in [1.54, 1.807) is 21.8 Å². The molecule has 124 valence electrons. The van der Waals surface area contributed by atoms with Gasteiger partial charge in [-0.05, 0) is 41.4 Å². The van der Waals surface area contributed by atoms with Gasteiger partial charge in [0, 0.05) is 0 Å². The molecule has 2 aromatic rings. The Balaban J connectivity index is 2.11. The number of hydrogen-bond donors (Lipinski definition) is 3. The summed E-state index contributed by atoms with van der Waals surface area (Å²) < 4.78 is 37.4. The van der Waals surface area contributed by atoms with Crippen LogP contribution in [0.25, 0.3) is 0 Å². The molecule has 0 aromatic carbocycles. The number of nitrogens with one attached hydrogen (secondary N) is 2. The molecule has 2 heterocycles. The number of aromatic nitrogens is 1. The summed E-state index contributed by atoms with van der Waals surface area (Å²) in [6.07, 6.45) is -4.70. The summed E-state index contributed by atoms with van der Waals surface area (Å²) in [6.45, 7) is 1.29. The molecule has 0 saturated heterocycles. The number of halogens is 3. The first-order valence-electron chi connectivity index (χ1n) is 6.45. The van der Waals surface area contributed by atoms with Gasteiger partial charge in [-0.2, -0.15) is 24.5 Å². The van der Waals surface area contributed by atoms with Crippen LogP contribution < -0.4 is 10.9 Å². The van der Waals surface area contributed by atoms with Gasteiger partial charge >= 0.3 is 6.18 Å². The van der Waals surface area contributed by atoms with Crippen LogP contribution in [0.4, 0.5) is 13.2 Å². The third-order valence-electron chi connectivity index (χ3n) is 3.20. The number of thiophene rings is 1. The maximum atomic E-state index is 12.5. The molecule has 0 aliphatic carbocycles. The lowest BCUT2D eigenvalue weighted by Gasteiger charge is -2.22. The molecular weight excluding hydrogens is 333 g/mol. The smallest absolute Gasteiger partial charge is 0.384 e. The Morgan fingerprint density at radius 2 is 2.04 bits per heavy atom. The lowest BCUT2D eigenvalue weighted by Crippen LogP contribution is -2.40. The van der Waals surface area contributed by atoms with Crippen molar-refractivity contribution in [3.63, 3.8) is 0 Å². The second-order valence-corrected chi connectivity index (χ2v) is 5.86. The summed E-state index contributed by atoms with van der Waals surface area (Å²) in [7, 11) is 0. The number of pyridine rings is 1. The molecule has 0 fully saturated rings. The molecule has 0 saturated carbocycles. The number of H-pyrrole nitrogens is 1. The zero-order chi connectivity index (χ0) is 17.3. The van der Waals surface area contributed by atoms with Gasteiger partial charge in [-0.15, -0.1) is 0 Å². The van der Waals surface area contributed by atoms with Gasteiger partial charge in [0.05, 0.1) is 6.54 Å². The number of carbonyl (C=O) groups excluding carboxylic acids is 1. The number of rotatable bonds is 4. The largest absolute Gasteiger partial charge is 0.431 e. The fourth-order valence-electron chi connectivity index (χ4n) is 1.84. The Morgan fingerprint density at radius 1 is 1.35 bits per heavy atom. The highest BCUT2D eigenvalue weighted by Crippen LogP contribution is 2.26. The number of amides is 1.